The molecule has 0 spiro atoms. The number of hydrogen-bond donors (Lipinski definition) is 0. The minimum atomic E-state index is -3.75. The summed E-state index contributed by atoms with van der Waals surface area (Å²) in [5.41, 5.74) is 2.73. The Bertz CT molecular complexity index is 1510. The Morgan fingerprint density at radius 2 is 1.74 bits per heavy atom. The summed E-state index contributed by atoms with van der Waals surface area (Å²) in [4.78, 5) is 4.80. The van der Waals surface area contributed by atoms with Crippen molar-refractivity contribution in [3.63, 3.8) is 0 Å². The van der Waals surface area contributed by atoms with Gasteiger partial charge in [-0.3, -0.25) is 0 Å². The van der Waals surface area contributed by atoms with Gasteiger partial charge in [0.05, 0.1) is 4.90 Å². The van der Waals surface area contributed by atoms with E-state index in [-0.39, 0.29) is 15.9 Å². The third-order valence-electron chi connectivity index (χ3n) is 6.46. The maximum Gasteiger partial charge on any atom is 0.243 e. The Hall–Kier alpha value is -3.10. The first-order chi connectivity index (χ1) is 16.5. The van der Waals surface area contributed by atoms with Crippen LogP contribution in [-0.4, -0.2) is 24.3 Å². The number of sulfonamides is 1. The zero-order valence-corrected chi connectivity index (χ0v) is 20.6. The van der Waals surface area contributed by atoms with E-state index in [1.807, 2.05) is 12.1 Å². The molecule has 0 unspecified atom stereocenters. The van der Waals surface area contributed by atoms with Gasteiger partial charge in [0.1, 0.15) is 23.2 Å². The van der Waals surface area contributed by atoms with Crippen molar-refractivity contribution in [3.8, 4) is 11.1 Å². The van der Waals surface area contributed by atoms with E-state index in [1.165, 1.54) is 16.4 Å². The number of fused-ring (bicyclic) bond motifs is 1. The van der Waals surface area contributed by atoms with Gasteiger partial charge in [-0.15, -0.1) is 0 Å². The number of hydrogen-bond acceptors (Lipinski definition) is 4. The predicted molar refractivity (Wildman–Crippen MR) is 130 cm³/mol. The predicted octanol–water partition coefficient (Wildman–Crippen LogP) is 6.60. The molecule has 0 aliphatic carbocycles. The Kier molecular flexibility index (Phi) is 5.76. The molecule has 3 aromatic carbocycles. The molecule has 5 nitrogen and oxygen atoms in total. The summed E-state index contributed by atoms with van der Waals surface area (Å²) in [6.45, 7) is 6.61. The highest BCUT2D eigenvalue weighted by Crippen LogP contribution is 2.38. The van der Waals surface area contributed by atoms with E-state index < -0.39 is 27.7 Å². The third kappa shape index (κ3) is 4.36. The van der Waals surface area contributed by atoms with Crippen LogP contribution in [-0.2, 0) is 15.4 Å². The third-order valence-corrected chi connectivity index (χ3v) is 8.38. The van der Waals surface area contributed by atoms with Gasteiger partial charge in [-0.1, -0.05) is 39.0 Å². The van der Waals surface area contributed by atoms with Crippen molar-refractivity contribution in [2.75, 3.05) is 6.54 Å². The molecule has 0 radical (unpaired) electrons. The van der Waals surface area contributed by atoms with Crippen LogP contribution < -0.4 is 0 Å². The van der Waals surface area contributed by atoms with E-state index in [4.69, 9.17) is 4.42 Å². The summed E-state index contributed by atoms with van der Waals surface area (Å²) in [5, 5.41) is 0. The molecule has 1 aliphatic heterocycles. The molecular formula is C27H26F2N2O3S. The second kappa shape index (κ2) is 8.53. The molecule has 1 atom stereocenters. The largest absolute Gasteiger partial charge is 0.439 e. The summed E-state index contributed by atoms with van der Waals surface area (Å²) in [6, 6.07) is 14.9. The fraction of sp³-hybridized carbons (Fsp3) is 0.296. The van der Waals surface area contributed by atoms with E-state index >= 15 is 0 Å². The summed E-state index contributed by atoms with van der Waals surface area (Å²) >= 11 is 0. The zero-order valence-electron chi connectivity index (χ0n) is 19.8. The lowest BCUT2D eigenvalue weighted by Gasteiger charge is -2.23. The lowest BCUT2D eigenvalue weighted by molar-refractivity contribution is 0.337. The monoisotopic (exact) mass is 496 g/mol. The molecule has 182 valence electrons. The molecule has 5 rings (SSSR count). The quantitative estimate of drug-likeness (QED) is 0.319. The molecule has 1 aliphatic rings. The average Bonchev–Trinajstić information content (AvgIpc) is 3.45. The van der Waals surface area contributed by atoms with Gasteiger partial charge in [-0.2, -0.15) is 4.31 Å². The summed E-state index contributed by atoms with van der Waals surface area (Å²) in [7, 11) is -3.75. The molecule has 0 bridgehead atoms. The zero-order chi connectivity index (χ0) is 25.0. The summed E-state index contributed by atoms with van der Waals surface area (Å²) < 4.78 is 61.9. The smallest absolute Gasteiger partial charge is 0.243 e. The molecule has 0 N–H and O–H groups in total. The first kappa shape index (κ1) is 23.6. The van der Waals surface area contributed by atoms with Crippen molar-refractivity contribution in [1.82, 2.24) is 9.29 Å². The lowest BCUT2D eigenvalue weighted by atomic mass is 9.87. The minimum absolute atomic E-state index is 0.0770. The fourth-order valence-corrected chi connectivity index (χ4v) is 6.17. The van der Waals surface area contributed by atoms with Gasteiger partial charge < -0.3 is 4.42 Å². The van der Waals surface area contributed by atoms with Gasteiger partial charge in [0, 0.05) is 18.2 Å². The van der Waals surface area contributed by atoms with Crippen molar-refractivity contribution in [3.05, 3.63) is 83.8 Å². The van der Waals surface area contributed by atoms with Gasteiger partial charge in [0.15, 0.2) is 5.58 Å². The standard InChI is InChI=1S/C27H26F2N2O3S/c1-27(2,3)18-7-10-20(11-8-18)35(32,33)31-14-4-5-24(31)26-30-23-15-17(6-13-25(23)34-26)21-12-9-19(28)16-22(21)29/h6-13,15-16,24H,4-5,14H2,1-3H3/t24-/m1/s1. The van der Waals surface area contributed by atoms with Crippen LogP contribution in [0.25, 0.3) is 22.2 Å². The Balaban J connectivity index is 1.47. The molecule has 4 aromatic rings. The van der Waals surface area contributed by atoms with E-state index in [1.54, 1.807) is 30.3 Å². The summed E-state index contributed by atoms with van der Waals surface area (Å²) in [5.74, 6) is -1.01. The highest BCUT2D eigenvalue weighted by Gasteiger charge is 2.39. The van der Waals surface area contributed by atoms with Gasteiger partial charge >= 0.3 is 0 Å². The van der Waals surface area contributed by atoms with Gasteiger partial charge in [-0.25, -0.2) is 22.2 Å². The first-order valence-corrected chi connectivity index (χ1v) is 13.0. The van der Waals surface area contributed by atoms with Crippen molar-refractivity contribution in [2.24, 2.45) is 0 Å². The highest BCUT2D eigenvalue weighted by molar-refractivity contribution is 7.89. The van der Waals surface area contributed by atoms with Crippen LogP contribution in [0, 0.1) is 11.6 Å². The summed E-state index contributed by atoms with van der Waals surface area (Å²) in [6.07, 6.45) is 1.28. The number of benzene rings is 3. The molecule has 0 amide bonds. The van der Waals surface area contributed by atoms with E-state index in [2.05, 4.69) is 25.8 Å². The lowest BCUT2D eigenvalue weighted by Crippen LogP contribution is -2.31. The Morgan fingerprint density at radius 3 is 2.43 bits per heavy atom. The molecule has 1 saturated heterocycles. The van der Waals surface area contributed by atoms with Crippen LogP contribution in [0.4, 0.5) is 8.78 Å². The first-order valence-electron chi connectivity index (χ1n) is 11.5. The fourth-order valence-electron chi connectivity index (χ4n) is 4.52. The Labute approximate surface area is 203 Å². The van der Waals surface area contributed by atoms with E-state index in [9.17, 15) is 17.2 Å². The van der Waals surface area contributed by atoms with Crippen molar-refractivity contribution >= 4 is 21.1 Å². The van der Waals surface area contributed by atoms with Crippen LogP contribution in [0.15, 0.2) is 70.0 Å². The van der Waals surface area contributed by atoms with Gasteiger partial charge in [0.25, 0.3) is 0 Å². The van der Waals surface area contributed by atoms with Gasteiger partial charge in [-0.05, 0) is 65.8 Å². The van der Waals surface area contributed by atoms with E-state index in [0.717, 1.165) is 11.6 Å². The number of rotatable bonds is 4. The normalized spacial score (nSPS) is 17.3. The van der Waals surface area contributed by atoms with Crippen LogP contribution in [0.1, 0.15) is 51.1 Å². The molecule has 8 heteroatoms. The molecule has 0 saturated carbocycles. The molecule has 2 heterocycles. The highest BCUT2D eigenvalue weighted by atomic mass is 32.2. The number of halogens is 2. The van der Waals surface area contributed by atoms with Crippen molar-refractivity contribution in [1.29, 1.82) is 0 Å². The molecule has 35 heavy (non-hydrogen) atoms. The second-order valence-corrected chi connectivity index (χ2v) is 11.8. The van der Waals surface area contributed by atoms with Crippen molar-refractivity contribution in [2.45, 2.75) is 50.0 Å². The molecule has 1 aromatic heterocycles. The SMILES string of the molecule is CC(C)(C)c1ccc(S(=O)(=O)N2CCC[C@@H]2c2nc3cc(-c4ccc(F)cc4F)ccc3o2)cc1. The minimum Gasteiger partial charge on any atom is -0.439 e. The van der Waals surface area contributed by atoms with Crippen LogP contribution in [0.3, 0.4) is 0 Å². The van der Waals surface area contributed by atoms with Crippen LogP contribution in [0.5, 0.6) is 0 Å². The van der Waals surface area contributed by atoms with Crippen LogP contribution >= 0.6 is 0 Å². The van der Waals surface area contributed by atoms with Gasteiger partial charge in [0.2, 0.25) is 15.9 Å². The average molecular weight is 497 g/mol. The molecule has 1 fully saturated rings. The molecular weight excluding hydrogens is 470 g/mol. The second-order valence-electron chi connectivity index (χ2n) is 9.91. The maximum absolute atomic E-state index is 14.3. The number of nitrogens with zero attached hydrogens (tertiary/aromatic N) is 2. The number of oxazole rings is 1. The van der Waals surface area contributed by atoms with E-state index in [0.29, 0.717) is 41.9 Å². The number of aromatic nitrogens is 1. The van der Waals surface area contributed by atoms with Crippen molar-refractivity contribution < 1.29 is 21.6 Å². The van der Waals surface area contributed by atoms with Crippen LogP contribution in [0.2, 0.25) is 0 Å². The topological polar surface area (TPSA) is 63.4 Å². The maximum atomic E-state index is 14.3. The Morgan fingerprint density at radius 1 is 1.00 bits per heavy atom.